The van der Waals surface area contributed by atoms with E-state index in [0.29, 0.717) is 12.3 Å². The summed E-state index contributed by atoms with van der Waals surface area (Å²) in [5.74, 6) is -0.665. The van der Waals surface area contributed by atoms with Gasteiger partial charge in [-0.15, -0.1) is 0 Å². The number of fused-ring (bicyclic) bond motifs is 2. The summed E-state index contributed by atoms with van der Waals surface area (Å²) in [4.78, 5) is 22.9. The van der Waals surface area contributed by atoms with Gasteiger partial charge in [-0.05, 0) is 55.9 Å². The summed E-state index contributed by atoms with van der Waals surface area (Å²) in [7, 11) is 0. The van der Waals surface area contributed by atoms with Gasteiger partial charge in [-0.1, -0.05) is 33.3 Å². The molecule has 0 aromatic carbocycles. The Morgan fingerprint density at radius 1 is 1.19 bits per heavy atom. The number of hydrogen-bond donors (Lipinski definition) is 1. The molecule has 0 radical (unpaired) electrons. The van der Waals surface area contributed by atoms with Gasteiger partial charge in [-0.25, -0.2) is 0 Å². The molecule has 0 aromatic heterocycles. The lowest BCUT2D eigenvalue weighted by Crippen LogP contribution is -2.60. The SMILES string of the molecule is CC(=O)OCC1=CC[C@@H]2C(C)(C)CCC[C@@]2(C)[C@]12CC[C@](C)(CC(=O)O)O2. The maximum atomic E-state index is 11.5. The fourth-order valence-electron chi connectivity index (χ4n) is 6.37. The highest BCUT2D eigenvalue weighted by molar-refractivity contribution is 5.68. The van der Waals surface area contributed by atoms with Crippen LogP contribution in [0.5, 0.6) is 0 Å². The summed E-state index contributed by atoms with van der Waals surface area (Å²) in [5.41, 5.74) is -0.0855. The van der Waals surface area contributed by atoms with Crippen molar-refractivity contribution in [1.29, 1.82) is 0 Å². The van der Waals surface area contributed by atoms with Crippen LogP contribution in [0.3, 0.4) is 0 Å². The van der Waals surface area contributed by atoms with Crippen LogP contribution in [0.2, 0.25) is 0 Å². The van der Waals surface area contributed by atoms with Gasteiger partial charge in [0, 0.05) is 12.3 Å². The van der Waals surface area contributed by atoms with E-state index in [1.165, 1.54) is 13.3 Å². The fraction of sp³-hybridized carbons (Fsp3) is 0.818. The minimum atomic E-state index is -0.832. The molecule has 3 aliphatic rings. The Morgan fingerprint density at radius 3 is 2.52 bits per heavy atom. The van der Waals surface area contributed by atoms with Gasteiger partial charge in [-0.3, -0.25) is 9.59 Å². The monoisotopic (exact) mass is 378 g/mol. The highest BCUT2D eigenvalue weighted by atomic mass is 16.5. The molecule has 1 saturated heterocycles. The molecule has 1 heterocycles. The molecule has 4 atom stereocenters. The van der Waals surface area contributed by atoms with Crippen LogP contribution in [0.15, 0.2) is 11.6 Å². The molecule has 0 amide bonds. The largest absolute Gasteiger partial charge is 0.481 e. The van der Waals surface area contributed by atoms with Crippen molar-refractivity contribution in [3.05, 3.63) is 11.6 Å². The fourth-order valence-corrected chi connectivity index (χ4v) is 6.37. The first-order valence-electron chi connectivity index (χ1n) is 10.2. The Balaban J connectivity index is 2.04. The number of aliphatic carboxylic acids is 1. The summed E-state index contributed by atoms with van der Waals surface area (Å²) in [5, 5.41) is 9.38. The van der Waals surface area contributed by atoms with E-state index in [1.54, 1.807) is 0 Å². The number of ether oxygens (including phenoxy) is 2. The Hall–Kier alpha value is -1.36. The van der Waals surface area contributed by atoms with E-state index in [1.807, 2.05) is 6.92 Å². The molecule has 152 valence electrons. The lowest BCUT2D eigenvalue weighted by Gasteiger charge is -2.61. The van der Waals surface area contributed by atoms with Crippen LogP contribution in [0.1, 0.15) is 79.6 Å². The zero-order chi connectivity index (χ0) is 20.1. The molecule has 1 saturated carbocycles. The first-order valence-corrected chi connectivity index (χ1v) is 10.2. The van der Waals surface area contributed by atoms with Gasteiger partial charge in [0.2, 0.25) is 0 Å². The molecule has 0 aromatic rings. The first-order chi connectivity index (χ1) is 12.4. The third-order valence-corrected chi connectivity index (χ3v) is 7.65. The van der Waals surface area contributed by atoms with Crippen LogP contribution >= 0.6 is 0 Å². The zero-order valence-corrected chi connectivity index (χ0v) is 17.4. The van der Waals surface area contributed by atoms with Crippen molar-refractivity contribution in [2.24, 2.45) is 16.7 Å². The summed E-state index contributed by atoms with van der Waals surface area (Å²) in [6.07, 6.45) is 8.06. The third-order valence-electron chi connectivity index (χ3n) is 7.65. The molecular weight excluding hydrogens is 344 g/mol. The quantitative estimate of drug-likeness (QED) is 0.576. The van der Waals surface area contributed by atoms with Crippen LogP contribution < -0.4 is 0 Å². The number of esters is 1. The van der Waals surface area contributed by atoms with Gasteiger partial charge < -0.3 is 14.6 Å². The molecule has 27 heavy (non-hydrogen) atoms. The Morgan fingerprint density at radius 2 is 1.89 bits per heavy atom. The van der Waals surface area contributed by atoms with E-state index in [2.05, 4.69) is 26.8 Å². The zero-order valence-electron chi connectivity index (χ0n) is 17.4. The lowest BCUT2D eigenvalue weighted by atomic mass is 9.46. The average molecular weight is 379 g/mol. The summed E-state index contributed by atoms with van der Waals surface area (Å²) < 4.78 is 12.1. The van der Waals surface area contributed by atoms with Crippen LogP contribution in [0, 0.1) is 16.7 Å². The smallest absolute Gasteiger partial charge is 0.306 e. The molecule has 2 fully saturated rings. The first kappa shape index (κ1) is 20.4. The average Bonchev–Trinajstić information content (AvgIpc) is 2.86. The van der Waals surface area contributed by atoms with Crippen molar-refractivity contribution >= 4 is 11.9 Å². The molecule has 2 aliphatic carbocycles. The molecule has 1 aliphatic heterocycles. The minimum Gasteiger partial charge on any atom is -0.481 e. The number of carboxylic acids is 1. The van der Waals surface area contributed by atoms with Gasteiger partial charge in [0.25, 0.3) is 0 Å². The van der Waals surface area contributed by atoms with Crippen LogP contribution in [-0.4, -0.2) is 34.9 Å². The van der Waals surface area contributed by atoms with Crippen molar-refractivity contribution in [3.63, 3.8) is 0 Å². The third kappa shape index (κ3) is 3.32. The predicted octanol–water partition coefficient (Wildman–Crippen LogP) is 4.49. The molecule has 0 unspecified atom stereocenters. The molecular formula is C22H34O5. The van der Waals surface area contributed by atoms with Crippen molar-refractivity contribution in [1.82, 2.24) is 0 Å². The summed E-state index contributed by atoms with van der Waals surface area (Å²) >= 11 is 0. The standard InChI is InChI=1S/C22H34O5/c1-15(23)26-14-16-7-8-17-19(2,3)9-6-10-21(17,5)22(16)12-11-20(4,27-22)13-18(24)25/h7,17H,6,8-14H2,1-5H3,(H,24,25)/t17-,20-,21-,22+/m1/s1. The van der Waals surface area contributed by atoms with Crippen molar-refractivity contribution in [3.8, 4) is 0 Å². The summed E-state index contributed by atoms with van der Waals surface area (Å²) in [6, 6.07) is 0. The molecule has 3 rings (SSSR count). The van der Waals surface area contributed by atoms with Gasteiger partial charge in [0.1, 0.15) is 6.61 Å². The maximum absolute atomic E-state index is 11.5. The summed E-state index contributed by atoms with van der Waals surface area (Å²) in [6.45, 7) is 10.6. The van der Waals surface area contributed by atoms with Crippen molar-refractivity contribution in [2.45, 2.75) is 90.8 Å². The number of carbonyl (C=O) groups excluding carboxylic acids is 1. The normalized spacial score (nSPS) is 40.3. The molecule has 1 N–H and O–H groups in total. The van der Waals surface area contributed by atoms with E-state index in [9.17, 15) is 14.7 Å². The number of carboxylic acid groups (broad SMARTS) is 1. The Labute approximate surface area is 162 Å². The second kappa shape index (κ2) is 6.61. The second-order valence-electron chi connectivity index (χ2n) is 10.0. The highest BCUT2D eigenvalue weighted by Gasteiger charge is 2.65. The number of hydrogen-bond acceptors (Lipinski definition) is 4. The number of allylic oxidation sites excluding steroid dienone is 1. The molecule has 5 heteroatoms. The van der Waals surface area contributed by atoms with E-state index in [-0.39, 0.29) is 29.8 Å². The molecule has 1 spiro atoms. The lowest BCUT2D eigenvalue weighted by molar-refractivity contribution is -0.196. The van der Waals surface area contributed by atoms with E-state index < -0.39 is 17.2 Å². The van der Waals surface area contributed by atoms with Gasteiger partial charge in [0.05, 0.1) is 17.6 Å². The second-order valence-corrected chi connectivity index (χ2v) is 10.0. The Kier molecular flexibility index (Phi) is 4.99. The Bertz CT molecular complexity index is 666. The van der Waals surface area contributed by atoms with Crippen molar-refractivity contribution in [2.75, 3.05) is 6.61 Å². The molecule has 5 nitrogen and oxygen atoms in total. The van der Waals surface area contributed by atoms with Crippen LogP contribution in [0.4, 0.5) is 0 Å². The molecule has 0 bridgehead atoms. The van der Waals surface area contributed by atoms with Crippen molar-refractivity contribution < 1.29 is 24.2 Å². The van der Waals surface area contributed by atoms with Gasteiger partial charge in [-0.2, -0.15) is 0 Å². The number of rotatable bonds is 4. The topological polar surface area (TPSA) is 72.8 Å². The highest BCUT2D eigenvalue weighted by Crippen LogP contribution is 2.66. The minimum absolute atomic E-state index is 0.000263. The van der Waals surface area contributed by atoms with E-state index in [4.69, 9.17) is 9.47 Å². The van der Waals surface area contributed by atoms with Gasteiger partial charge >= 0.3 is 11.9 Å². The van der Waals surface area contributed by atoms with E-state index >= 15 is 0 Å². The predicted molar refractivity (Wildman–Crippen MR) is 102 cm³/mol. The van der Waals surface area contributed by atoms with Crippen LogP contribution in [-0.2, 0) is 19.1 Å². The van der Waals surface area contributed by atoms with Crippen LogP contribution in [0.25, 0.3) is 0 Å². The number of carbonyl (C=O) groups is 2. The maximum Gasteiger partial charge on any atom is 0.306 e. The van der Waals surface area contributed by atoms with E-state index in [0.717, 1.165) is 31.3 Å². The van der Waals surface area contributed by atoms with Gasteiger partial charge in [0.15, 0.2) is 0 Å².